The number of carboxylic acids is 1. The Hall–Kier alpha value is -1.95. The van der Waals surface area contributed by atoms with Gasteiger partial charge in [-0.25, -0.2) is 4.79 Å². The second-order valence-corrected chi connectivity index (χ2v) is 4.19. The maximum atomic E-state index is 12.3. The highest BCUT2D eigenvalue weighted by atomic mass is 32.1. The highest BCUT2D eigenvalue weighted by molar-refractivity contribution is 7.08. The van der Waals surface area contributed by atoms with Crippen LogP contribution >= 0.6 is 11.3 Å². The average Bonchev–Trinajstić information content (AvgIpc) is 2.81. The Kier molecular flexibility index (Phi) is 3.57. The van der Waals surface area contributed by atoms with Gasteiger partial charge in [0, 0.05) is 5.56 Å². The molecule has 0 saturated carbocycles. The van der Waals surface area contributed by atoms with Crippen molar-refractivity contribution in [3.8, 4) is 16.9 Å². The van der Waals surface area contributed by atoms with Gasteiger partial charge in [-0.15, -0.1) is 0 Å². The first-order valence-electron chi connectivity index (χ1n) is 4.92. The van der Waals surface area contributed by atoms with E-state index in [9.17, 15) is 13.6 Å². The molecule has 6 heteroatoms. The Balaban J connectivity index is 2.48. The predicted octanol–water partition coefficient (Wildman–Crippen LogP) is 3.71. The van der Waals surface area contributed by atoms with Gasteiger partial charge in [-0.2, -0.15) is 20.1 Å². The van der Waals surface area contributed by atoms with Gasteiger partial charge in [0.15, 0.2) is 0 Å². The minimum atomic E-state index is -2.99. The molecule has 0 amide bonds. The van der Waals surface area contributed by atoms with E-state index < -0.39 is 12.6 Å². The summed E-state index contributed by atoms with van der Waals surface area (Å²) in [6.45, 7) is -2.99. The molecule has 18 heavy (non-hydrogen) atoms. The van der Waals surface area contributed by atoms with Gasteiger partial charge in [0.1, 0.15) is 5.75 Å². The lowest BCUT2D eigenvalue weighted by molar-refractivity contribution is -0.0495. The van der Waals surface area contributed by atoms with Crippen LogP contribution in [0.5, 0.6) is 5.75 Å². The molecule has 1 N–H and O–H groups in total. The fourth-order valence-corrected chi connectivity index (χ4v) is 2.16. The third-order valence-corrected chi connectivity index (χ3v) is 2.96. The number of thiophene rings is 1. The van der Waals surface area contributed by atoms with Crippen LogP contribution in [0.1, 0.15) is 10.4 Å². The normalized spacial score (nSPS) is 10.6. The van der Waals surface area contributed by atoms with E-state index in [1.165, 1.54) is 23.5 Å². The van der Waals surface area contributed by atoms with Crippen LogP contribution < -0.4 is 4.74 Å². The predicted molar refractivity (Wildman–Crippen MR) is 63.3 cm³/mol. The minimum Gasteiger partial charge on any atom is -0.478 e. The smallest absolute Gasteiger partial charge is 0.387 e. The van der Waals surface area contributed by atoms with E-state index in [-0.39, 0.29) is 11.3 Å². The number of alkyl halides is 2. The van der Waals surface area contributed by atoms with Crippen LogP contribution in [0.2, 0.25) is 0 Å². The fraction of sp³-hybridized carbons (Fsp3) is 0.0833. The van der Waals surface area contributed by atoms with Crippen molar-refractivity contribution in [2.75, 3.05) is 0 Å². The SMILES string of the molecule is O=C(O)c1ccc(-c2ccsc2)c(OC(F)F)c1. The van der Waals surface area contributed by atoms with Crippen molar-refractivity contribution < 1.29 is 23.4 Å². The van der Waals surface area contributed by atoms with Gasteiger partial charge < -0.3 is 9.84 Å². The number of ether oxygens (including phenoxy) is 1. The summed E-state index contributed by atoms with van der Waals surface area (Å²) in [4.78, 5) is 10.8. The number of carbonyl (C=O) groups is 1. The average molecular weight is 270 g/mol. The van der Waals surface area contributed by atoms with Gasteiger partial charge in [0.2, 0.25) is 0 Å². The van der Waals surface area contributed by atoms with Crippen LogP contribution in [0.4, 0.5) is 8.78 Å². The molecule has 0 aliphatic rings. The number of hydrogen-bond acceptors (Lipinski definition) is 3. The molecule has 1 aromatic heterocycles. The van der Waals surface area contributed by atoms with Crippen LogP contribution in [-0.2, 0) is 0 Å². The number of benzene rings is 1. The molecule has 0 aliphatic heterocycles. The van der Waals surface area contributed by atoms with Gasteiger partial charge in [0.05, 0.1) is 5.56 Å². The number of halogens is 2. The van der Waals surface area contributed by atoms with Crippen LogP contribution in [0.3, 0.4) is 0 Å². The maximum Gasteiger partial charge on any atom is 0.387 e. The first-order valence-corrected chi connectivity index (χ1v) is 5.87. The second kappa shape index (κ2) is 5.14. The van der Waals surface area contributed by atoms with E-state index in [0.29, 0.717) is 11.1 Å². The molecule has 0 unspecified atom stereocenters. The van der Waals surface area contributed by atoms with Crippen LogP contribution in [-0.4, -0.2) is 17.7 Å². The number of rotatable bonds is 4. The Morgan fingerprint density at radius 3 is 2.67 bits per heavy atom. The molecule has 3 nitrogen and oxygen atoms in total. The van der Waals surface area contributed by atoms with E-state index in [4.69, 9.17) is 5.11 Å². The number of carboxylic acid groups (broad SMARTS) is 1. The van der Waals surface area contributed by atoms with E-state index in [1.807, 2.05) is 0 Å². The van der Waals surface area contributed by atoms with Crippen molar-refractivity contribution in [2.45, 2.75) is 6.61 Å². The van der Waals surface area contributed by atoms with Crippen molar-refractivity contribution in [3.05, 3.63) is 40.6 Å². The van der Waals surface area contributed by atoms with Gasteiger partial charge in [-0.05, 0) is 40.6 Å². The molecule has 0 aliphatic carbocycles. The molecule has 0 atom stereocenters. The van der Waals surface area contributed by atoms with Gasteiger partial charge in [0.25, 0.3) is 0 Å². The summed E-state index contributed by atoms with van der Waals surface area (Å²) in [7, 11) is 0. The van der Waals surface area contributed by atoms with Crippen molar-refractivity contribution >= 4 is 17.3 Å². The largest absolute Gasteiger partial charge is 0.478 e. The fourth-order valence-electron chi connectivity index (χ4n) is 1.51. The maximum absolute atomic E-state index is 12.3. The van der Waals surface area contributed by atoms with Gasteiger partial charge >= 0.3 is 12.6 Å². The van der Waals surface area contributed by atoms with E-state index >= 15 is 0 Å². The molecule has 2 aromatic rings. The minimum absolute atomic E-state index is 0.0929. The van der Waals surface area contributed by atoms with Crippen LogP contribution in [0.15, 0.2) is 35.0 Å². The topological polar surface area (TPSA) is 46.5 Å². The molecule has 0 saturated heterocycles. The van der Waals surface area contributed by atoms with Crippen molar-refractivity contribution in [2.24, 2.45) is 0 Å². The summed E-state index contributed by atoms with van der Waals surface area (Å²) in [5.74, 6) is -1.32. The quantitative estimate of drug-likeness (QED) is 0.921. The third kappa shape index (κ3) is 2.65. The molecule has 0 bridgehead atoms. The lowest BCUT2D eigenvalue weighted by Gasteiger charge is -2.10. The highest BCUT2D eigenvalue weighted by Crippen LogP contribution is 2.33. The van der Waals surface area contributed by atoms with Crippen LogP contribution in [0.25, 0.3) is 11.1 Å². The summed E-state index contributed by atoms with van der Waals surface area (Å²) in [5, 5.41) is 12.4. The molecular formula is C12H8F2O3S. The van der Waals surface area contributed by atoms with E-state index in [2.05, 4.69) is 4.74 Å². The Bertz CT molecular complexity index is 552. The monoisotopic (exact) mass is 270 g/mol. The lowest BCUT2D eigenvalue weighted by Crippen LogP contribution is -2.05. The first kappa shape index (κ1) is 12.5. The Morgan fingerprint density at radius 2 is 2.11 bits per heavy atom. The van der Waals surface area contributed by atoms with E-state index in [0.717, 1.165) is 6.07 Å². The summed E-state index contributed by atoms with van der Waals surface area (Å²) in [5.41, 5.74) is 1.07. The molecule has 0 radical (unpaired) electrons. The van der Waals surface area contributed by atoms with Gasteiger partial charge in [-0.1, -0.05) is 0 Å². The molecular weight excluding hydrogens is 262 g/mol. The van der Waals surface area contributed by atoms with E-state index in [1.54, 1.807) is 16.8 Å². The zero-order valence-electron chi connectivity index (χ0n) is 8.97. The molecule has 2 rings (SSSR count). The summed E-state index contributed by atoms with van der Waals surface area (Å²) in [6, 6.07) is 5.66. The molecule has 1 aromatic carbocycles. The molecule has 94 valence electrons. The third-order valence-electron chi connectivity index (χ3n) is 2.28. The zero-order valence-corrected chi connectivity index (χ0v) is 9.79. The standard InChI is InChI=1S/C12H8F2O3S/c13-12(14)17-10-5-7(11(15)16)1-2-9(10)8-3-4-18-6-8/h1-6,12H,(H,15,16). The van der Waals surface area contributed by atoms with Crippen molar-refractivity contribution in [1.29, 1.82) is 0 Å². The lowest BCUT2D eigenvalue weighted by atomic mass is 10.1. The van der Waals surface area contributed by atoms with Gasteiger partial charge in [-0.3, -0.25) is 0 Å². The number of aromatic carboxylic acids is 1. The Morgan fingerprint density at radius 1 is 1.33 bits per heavy atom. The highest BCUT2D eigenvalue weighted by Gasteiger charge is 2.14. The molecule has 0 fully saturated rings. The van der Waals surface area contributed by atoms with Crippen molar-refractivity contribution in [1.82, 2.24) is 0 Å². The van der Waals surface area contributed by atoms with Crippen LogP contribution in [0, 0.1) is 0 Å². The second-order valence-electron chi connectivity index (χ2n) is 3.41. The summed E-state index contributed by atoms with van der Waals surface area (Å²) < 4.78 is 29.0. The molecule has 1 heterocycles. The Labute approximate surface area is 105 Å². The van der Waals surface area contributed by atoms with Crippen molar-refractivity contribution in [3.63, 3.8) is 0 Å². The number of hydrogen-bond donors (Lipinski definition) is 1. The summed E-state index contributed by atoms with van der Waals surface area (Å²) >= 11 is 1.41. The summed E-state index contributed by atoms with van der Waals surface area (Å²) in [6.07, 6.45) is 0. The molecule has 0 spiro atoms. The zero-order chi connectivity index (χ0) is 13.1. The first-order chi connectivity index (χ1) is 8.58.